The van der Waals surface area contributed by atoms with E-state index in [0.717, 1.165) is 18.8 Å². The lowest BCUT2D eigenvalue weighted by Crippen LogP contribution is -2.59. The van der Waals surface area contributed by atoms with Gasteiger partial charge in [0.2, 0.25) is 11.8 Å². The van der Waals surface area contributed by atoms with E-state index >= 15 is 4.79 Å². The molecule has 1 spiro atoms. The highest BCUT2D eigenvalue weighted by atomic mass is 16.5. The fourth-order valence-electron chi connectivity index (χ4n) is 8.68. The highest BCUT2D eigenvalue weighted by Gasteiger charge is 2.80. The van der Waals surface area contributed by atoms with Gasteiger partial charge in [0.15, 0.2) is 0 Å². The molecule has 3 amide bonds. The Bertz CT molecular complexity index is 1550. The van der Waals surface area contributed by atoms with Crippen molar-refractivity contribution in [3.05, 3.63) is 73.8 Å². The Morgan fingerprint density at radius 1 is 0.960 bits per heavy atom. The van der Waals surface area contributed by atoms with E-state index in [0.29, 0.717) is 36.6 Å². The first-order chi connectivity index (χ1) is 24.0. The molecule has 5 rings (SSSR count). The summed E-state index contributed by atoms with van der Waals surface area (Å²) in [4.78, 5) is 51.9. The number of ether oxygens (including phenoxy) is 2. The Morgan fingerprint density at radius 3 is 2.00 bits per heavy atom. The molecule has 50 heavy (non-hydrogen) atoms. The third kappa shape index (κ3) is 6.00. The third-order valence-electron chi connectivity index (χ3n) is 11.2. The van der Waals surface area contributed by atoms with Gasteiger partial charge < -0.3 is 34.2 Å². The number of likely N-dealkylation sites (tertiary alicyclic amines) is 1. The molecule has 7 atom stereocenters. The van der Waals surface area contributed by atoms with Crippen LogP contribution in [-0.2, 0) is 19.1 Å². The molecule has 2 bridgehead atoms. The zero-order chi connectivity index (χ0) is 36.4. The number of hydrogen-bond acceptors (Lipinski definition) is 7. The third-order valence-corrected chi connectivity index (χ3v) is 11.2. The minimum Gasteiger partial charge on any atom is -0.494 e. The molecule has 10 nitrogen and oxygen atoms in total. The van der Waals surface area contributed by atoms with Gasteiger partial charge in [-0.25, -0.2) is 0 Å². The Morgan fingerprint density at radius 2 is 1.50 bits per heavy atom. The van der Waals surface area contributed by atoms with Crippen molar-refractivity contribution in [3.63, 3.8) is 0 Å². The fourth-order valence-corrected chi connectivity index (χ4v) is 8.68. The van der Waals surface area contributed by atoms with Crippen LogP contribution in [0.2, 0.25) is 0 Å². The number of carbonyl (C=O) groups is 3. The van der Waals surface area contributed by atoms with E-state index in [1.807, 2.05) is 76.2 Å². The lowest BCUT2D eigenvalue weighted by atomic mass is 9.62. The van der Waals surface area contributed by atoms with Crippen molar-refractivity contribution in [1.82, 2.24) is 4.90 Å². The Kier molecular flexibility index (Phi) is 11.1. The summed E-state index contributed by atoms with van der Waals surface area (Å²) < 4.78 is 12.7. The van der Waals surface area contributed by atoms with Crippen LogP contribution in [0.5, 0.6) is 5.75 Å². The first kappa shape index (κ1) is 37.1. The second-order valence-electron chi connectivity index (χ2n) is 13.8. The lowest BCUT2D eigenvalue weighted by Gasteiger charge is -2.39. The summed E-state index contributed by atoms with van der Waals surface area (Å²) in [5.41, 5.74) is 0.0767. The van der Waals surface area contributed by atoms with Gasteiger partial charge in [-0.3, -0.25) is 14.4 Å². The van der Waals surface area contributed by atoms with Crippen LogP contribution in [0.4, 0.5) is 17.1 Å². The molecule has 2 aromatic rings. The second kappa shape index (κ2) is 15.0. The molecule has 3 fully saturated rings. The van der Waals surface area contributed by atoms with Crippen molar-refractivity contribution < 1.29 is 29.0 Å². The number of anilines is 3. The lowest BCUT2D eigenvalue weighted by molar-refractivity contribution is -0.149. The summed E-state index contributed by atoms with van der Waals surface area (Å²) in [6, 6.07) is 13.4. The zero-order valence-corrected chi connectivity index (χ0v) is 30.5. The molecule has 10 heteroatoms. The summed E-state index contributed by atoms with van der Waals surface area (Å²) >= 11 is 0. The smallest absolute Gasteiger partial charge is 0.253 e. The highest BCUT2D eigenvalue weighted by Crippen LogP contribution is 2.66. The normalized spacial score (nSPS) is 27.1. The van der Waals surface area contributed by atoms with E-state index < -0.39 is 35.1 Å². The molecule has 0 radical (unpaired) electrons. The molecule has 3 aliphatic rings. The van der Waals surface area contributed by atoms with Gasteiger partial charge in [-0.05, 0) is 95.0 Å². The molecule has 2 aromatic carbocycles. The van der Waals surface area contributed by atoms with E-state index in [1.54, 1.807) is 26.9 Å². The van der Waals surface area contributed by atoms with Gasteiger partial charge in [-0.1, -0.05) is 26.0 Å². The number of aliphatic hydroxyl groups excluding tert-OH is 1. The molecule has 0 aromatic heterocycles. The van der Waals surface area contributed by atoms with Crippen LogP contribution in [-0.4, -0.2) is 90.4 Å². The van der Waals surface area contributed by atoms with Gasteiger partial charge in [0.1, 0.15) is 17.4 Å². The van der Waals surface area contributed by atoms with E-state index in [-0.39, 0.29) is 43.3 Å². The number of rotatable bonds is 16. The number of amides is 3. The summed E-state index contributed by atoms with van der Waals surface area (Å²) in [7, 11) is 0. The largest absolute Gasteiger partial charge is 0.494 e. The average Bonchev–Trinajstić information content (AvgIpc) is 3.64. The molecule has 3 saturated heterocycles. The highest BCUT2D eigenvalue weighted by molar-refractivity contribution is 6.07. The molecular formula is C40H54N4O6. The maximum absolute atomic E-state index is 15.1. The van der Waals surface area contributed by atoms with Crippen molar-refractivity contribution in [1.29, 1.82) is 0 Å². The topological polar surface area (TPSA) is 103 Å². The van der Waals surface area contributed by atoms with Crippen molar-refractivity contribution in [3.8, 4) is 5.75 Å². The van der Waals surface area contributed by atoms with Gasteiger partial charge in [-0.15, -0.1) is 13.2 Å². The minimum absolute atomic E-state index is 0.142. The predicted octanol–water partition coefficient (Wildman–Crippen LogP) is 5.45. The second-order valence-corrected chi connectivity index (χ2v) is 13.8. The number of carbonyl (C=O) groups excluding carboxylic acids is 3. The van der Waals surface area contributed by atoms with E-state index in [4.69, 9.17) is 9.47 Å². The maximum Gasteiger partial charge on any atom is 0.253 e. The van der Waals surface area contributed by atoms with Crippen molar-refractivity contribution in [2.75, 3.05) is 54.1 Å². The van der Waals surface area contributed by atoms with Gasteiger partial charge in [-0.2, -0.15) is 0 Å². The van der Waals surface area contributed by atoms with Crippen molar-refractivity contribution in [2.24, 2.45) is 17.8 Å². The first-order valence-electron chi connectivity index (χ1n) is 18.1. The Balaban J connectivity index is 1.60. The number of nitrogens with zero attached hydrogens (tertiary/aromatic N) is 4. The summed E-state index contributed by atoms with van der Waals surface area (Å²) in [6.45, 7) is 22.1. The Labute approximate surface area is 297 Å². The molecule has 0 aliphatic carbocycles. The van der Waals surface area contributed by atoms with Crippen molar-refractivity contribution in [2.45, 2.75) is 77.7 Å². The Hall–Kier alpha value is -4.15. The number of aliphatic hydroxyl groups is 1. The predicted molar refractivity (Wildman–Crippen MR) is 197 cm³/mol. The zero-order valence-electron chi connectivity index (χ0n) is 30.5. The molecule has 3 heterocycles. The van der Waals surface area contributed by atoms with Gasteiger partial charge >= 0.3 is 0 Å². The van der Waals surface area contributed by atoms with Crippen molar-refractivity contribution >= 4 is 34.8 Å². The van der Waals surface area contributed by atoms with E-state index in [2.05, 4.69) is 31.9 Å². The number of hydrogen-bond donors (Lipinski definition) is 1. The van der Waals surface area contributed by atoms with E-state index in [9.17, 15) is 14.7 Å². The van der Waals surface area contributed by atoms with Crippen LogP contribution >= 0.6 is 0 Å². The molecule has 1 N–H and O–H groups in total. The van der Waals surface area contributed by atoms with Crippen LogP contribution in [0.25, 0.3) is 0 Å². The van der Waals surface area contributed by atoms with Crippen LogP contribution in [0.3, 0.4) is 0 Å². The number of fused-ring (bicyclic) bond motifs is 1. The standard InChI is InChI=1S/C40H54N4O6/c1-9-23-42(31-19-21-32(22-20-31)49-14-6)36(46)33-34-37(47)44(28(11-3)26-45)35(40(34)25-27(7)39(33,8)50-40)38(48)43(24-10-2)30-17-15-29(16-18-30)41(12-4)13-5/h9-10,15-22,27-28,33-35,45H,1-2,11-14,23-26H2,3-8H3/t27?,28-,33-,34-,35?,39+,40?/m0/s1. The summed E-state index contributed by atoms with van der Waals surface area (Å²) in [5.74, 6) is -2.16. The number of benzene rings is 2. The van der Waals surface area contributed by atoms with Crippen LogP contribution in [0, 0.1) is 17.8 Å². The van der Waals surface area contributed by atoms with Gasteiger partial charge in [0.25, 0.3) is 5.91 Å². The minimum atomic E-state index is -1.27. The molecule has 270 valence electrons. The van der Waals surface area contributed by atoms with Gasteiger partial charge in [0.05, 0.1) is 36.7 Å². The average molecular weight is 687 g/mol. The van der Waals surface area contributed by atoms with Gasteiger partial charge in [0, 0.05) is 43.2 Å². The molecular weight excluding hydrogens is 632 g/mol. The van der Waals surface area contributed by atoms with Crippen LogP contribution in [0.15, 0.2) is 73.8 Å². The summed E-state index contributed by atoms with van der Waals surface area (Å²) in [6.07, 6.45) is 4.18. The fraction of sp³-hybridized carbons (Fsp3) is 0.525. The summed E-state index contributed by atoms with van der Waals surface area (Å²) in [5, 5.41) is 10.6. The SMILES string of the molecule is C=CCN(C(=O)C1N([C@@H](CC)CO)C(=O)[C@@H]2[C@@H](C(=O)N(CC=C)c3ccc(OCC)cc3)[C@]3(C)OC12CC3C)c1ccc(N(CC)CC)cc1. The molecule has 0 saturated carbocycles. The van der Waals surface area contributed by atoms with Crippen LogP contribution in [0.1, 0.15) is 54.4 Å². The quantitative estimate of drug-likeness (QED) is 0.234. The maximum atomic E-state index is 15.1. The molecule has 3 aliphatic heterocycles. The monoisotopic (exact) mass is 686 g/mol. The van der Waals surface area contributed by atoms with E-state index in [1.165, 1.54) is 0 Å². The first-order valence-corrected chi connectivity index (χ1v) is 18.1. The molecule has 3 unspecified atom stereocenters. The van der Waals surface area contributed by atoms with Crippen LogP contribution < -0.4 is 19.4 Å².